The van der Waals surface area contributed by atoms with Crippen LogP contribution in [0, 0.1) is 11.3 Å². The van der Waals surface area contributed by atoms with Gasteiger partial charge < -0.3 is 10.5 Å². The minimum absolute atomic E-state index is 0.134. The lowest BCUT2D eigenvalue weighted by molar-refractivity contribution is 0.374. The number of thiophene rings is 1. The van der Waals surface area contributed by atoms with Gasteiger partial charge in [-0.1, -0.05) is 36.4 Å². The Bertz CT molecular complexity index is 935. The molecule has 1 aliphatic rings. The maximum absolute atomic E-state index is 9.60. The van der Waals surface area contributed by atoms with E-state index in [1.165, 1.54) is 0 Å². The molecule has 4 rings (SSSR count). The van der Waals surface area contributed by atoms with Crippen LogP contribution in [0.25, 0.3) is 10.6 Å². The van der Waals surface area contributed by atoms with Crippen molar-refractivity contribution in [3.05, 3.63) is 70.4 Å². The van der Waals surface area contributed by atoms with E-state index in [0.29, 0.717) is 17.9 Å². The van der Waals surface area contributed by atoms with Gasteiger partial charge in [0, 0.05) is 5.92 Å². The van der Waals surface area contributed by atoms with Crippen molar-refractivity contribution in [3.8, 4) is 22.5 Å². The molecular weight excluding hydrogens is 320 g/mol. The third-order valence-corrected chi connectivity index (χ3v) is 5.00. The topological polar surface area (TPSA) is 87.7 Å². The van der Waals surface area contributed by atoms with E-state index in [9.17, 15) is 5.26 Å². The fourth-order valence-electron chi connectivity index (χ4n) is 3.01. The average molecular weight is 334 g/mol. The lowest BCUT2D eigenvalue weighted by Gasteiger charge is -2.23. The van der Waals surface area contributed by atoms with Crippen molar-refractivity contribution in [1.82, 2.24) is 10.2 Å². The Hall–Kier alpha value is -3.04. The molecule has 0 saturated heterocycles. The molecule has 1 aliphatic heterocycles. The molecule has 0 amide bonds. The zero-order valence-corrected chi connectivity index (χ0v) is 13.5. The first-order valence-corrected chi connectivity index (χ1v) is 8.39. The fraction of sp³-hybridized carbons (Fsp3) is 0.111. The third-order valence-electron chi connectivity index (χ3n) is 4.11. The first kappa shape index (κ1) is 14.5. The molecule has 0 fully saturated rings. The van der Waals surface area contributed by atoms with Crippen LogP contribution in [-0.4, -0.2) is 10.2 Å². The number of aromatic amines is 1. The molecule has 0 spiro atoms. The molecule has 6 heteroatoms. The SMILES string of the molecule is N#CC1=C(N)Oc2n[nH]c(-c3cccs3)c2C1Cc1ccccc1. The lowest BCUT2D eigenvalue weighted by Crippen LogP contribution is -2.21. The van der Waals surface area contributed by atoms with Gasteiger partial charge in [0.25, 0.3) is 0 Å². The van der Waals surface area contributed by atoms with Gasteiger partial charge in [-0.2, -0.15) is 5.26 Å². The van der Waals surface area contributed by atoms with Crippen molar-refractivity contribution in [2.24, 2.45) is 5.73 Å². The second-order valence-corrected chi connectivity index (χ2v) is 6.48. The monoisotopic (exact) mass is 334 g/mol. The number of nitriles is 1. The van der Waals surface area contributed by atoms with Crippen LogP contribution in [0.15, 0.2) is 59.3 Å². The third kappa shape index (κ3) is 2.36. The Morgan fingerprint density at radius 1 is 1.25 bits per heavy atom. The van der Waals surface area contributed by atoms with Gasteiger partial charge in [0.2, 0.25) is 11.8 Å². The van der Waals surface area contributed by atoms with Crippen molar-refractivity contribution in [2.45, 2.75) is 12.3 Å². The molecule has 2 aromatic heterocycles. The van der Waals surface area contributed by atoms with Crippen molar-refractivity contribution < 1.29 is 4.74 Å². The quantitative estimate of drug-likeness (QED) is 0.767. The number of nitrogens with zero attached hydrogens (tertiary/aromatic N) is 2. The van der Waals surface area contributed by atoms with Crippen LogP contribution in [0.5, 0.6) is 5.88 Å². The highest BCUT2D eigenvalue weighted by molar-refractivity contribution is 7.13. The van der Waals surface area contributed by atoms with Gasteiger partial charge in [0.1, 0.15) is 6.07 Å². The van der Waals surface area contributed by atoms with Crippen LogP contribution in [0.1, 0.15) is 17.0 Å². The number of hydrogen-bond donors (Lipinski definition) is 2. The summed E-state index contributed by atoms with van der Waals surface area (Å²) >= 11 is 1.61. The summed E-state index contributed by atoms with van der Waals surface area (Å²) in [7, 11) is 0. The molecule has 0 saturated carbocycles. The van der Waals surface area contributed by atoms with E-state index in [1.807, 2.05) is 47.8 Å². The maximum atomic E-state index is 9.60. The Morgan fingerprint density at radius 3 is 2.79 bits per heavy atom. The summed E-state index contributed by atoms with van der Waals surface area (Å²) in [5.41, 5.74) is 9.33. The van der Waals surface area contributed by atoms with E-state index in [1.54, 1.807) is 11.3 Å². The highest BCUT2D eigenvalue weighted by atomic mass is 32.1. The van der Waals surface area contributed by atoms with E-state index >= 15 is 0 Å². The number of allylic oxidation sites excluding steroid dienone is 1. The molecular formula is C18H14N4OS. The lowest BCUT2D eigenvalue weighted by atomic mass is 9.84. The number of ether oxygens (including phenoxy) is 1. The minimum Gasteiger partial charge on any atom is -0.420 e. The normalized spacial score (nSPS) is 16.4. The molecule has 1 atom stereocenters. The summed E-state index contributed by atoms with van der Waals surface area (Å²) in [5, 5.41) is 18.9. The number of fused-ring (bicyclic) bond motifs is 1. The average Bonchev–Trinajstić information content (AvgIpc) is 3.24. The molecule has 1 unspecified atom stereocenters. The van der Waals surface area contributed by atoms with Crippen molar-refractivity contribution >= 4 is 11.3 Å². The zero-order chi connectivity index (χ0) is 16.5. The minimum atomic E-state index is -0.183. The maximum Gasteiger partial charge on any atom is 0.244 e. The standard InChI is InChI=1S/C18H14N4OS/c19-10-13-12(9-11-5-2-1-3-6-11)15-16(14-7-4-8-24-14)21-22-18(15)23-17(13)20/h1-8,12H,9,20H2,(H,21,22). The van der Waals surface area contributed by atoms with E-state index in [-0.39, 0.29) is 11.8 Å². The first-order chi connectivity index (χ1) is 11.8. The van der Waals surface area contributed by atoms with E-state index in [4.69, 9.17) is 10.5 Å². The van der Waals surface area contributed by atoms with Gasteiger partial charge >= 0.3 is 0 Å². The predicted molar refractivity (Wildman–Crippen MR) is 92.2 cm³/mol. The molecule has 118 valence electrons. The van der Waals surface area contributed by atoms with Crippen LogP contribution in [0.3, 0.4) is 0 Å². The first-order valence-electron chi connectivity index (χ1n) is 7.51. The number of nitrogens with two attached hydrogens (primary N) is 1. The molecule has 1 aromatic carbocycles. The van der Waals surface area contributed by atoms with Gasteiger partial charge in [-0.3, -0.25) is 5.10 Å². The Morgan fingerprint density at radius 2 is 2.08 bits per heavy atom. The van der Waals surface area contributed by atoms with Gasteiger partial charge in [-0.25, -0.2) is 0 Å². The van der Waals surface area contributed by atoms with E-state index in [0.717, 1.165) is 21.7 Å². The summed E-state index contributed by atoms with van der Waals surface area (Å²) in [6.07, 6.45) is 0.665. The number of H-pyrrole nitrogens is 1. The summed E-state index contributed by atoms with van der Waals surface area (Å²) in [4.78, 5) is 1.06. The number of benzene rings is 1. The summed E-state index contributed by atoms with van der Waals surface area (Å²) < 4.78 is 5.58. The van der Waals surface area contributed by atoms with Crippen LogP contribution in [0.4, 0.5) is 0 Å². The second kappa shape index (κ2) is 5.87. The van der Waals surface area contributed by atoms with Gasteiger partial charge in [-0.05, 0) is 23.4 Å². The number of hydrogen-bond acceptors (Lipinski definition) is 5. The fourth-order valence-corrected chi connectivity index (χ4v) is 3.74. The summed E-state index contributed by atoms with van der Waals surface area (Å²) in [6, 6.07) is 16.3. The summed E-state index contributed by atoms with van der Waals surface area (Å²) in [5.74, 6) is 0.406. The van der Waals surface area contributed by atoms with Crippen molar-refractivity contribution in [3.63, 3.8) is 0 Å². The molecule has 24 heavy (non-hydrogen) atoms. The Kier molecular flexibility index (Phi) is 3.56. The second-order valence-electron chi connectivity index (χ2n) is 5.53. The number of aromatic nitrogens is 2. The number of rotatable bonds is 3. The predicted octanol–water partition coefficient (Wildman–Crippen LogP) is 3.55. The van der Waals surface area contributed by atoms with Crippen molar-refractivity contribution in [1.29, 1.82) is 5.26 Å². The highest BCUT2D eigenvalue weighted by Gasteiger charge is 2.34. The smallest absolute Gasteiger partial charge is 0.244 e. The molecule has 0 bridgehead atoms. The van der Waals surface area contributed by atoms with Gasteiger partial charge in [0.05, 0.1) is 21.7 Å². The van der Waals surface area contributed by atoms with Crippen LogP contribution in [0.2, 0.25) is 0 Å². The highest BCUT2D eigenvalue weighted by Crippen LogP contribution is 2.44. The van der Waals surface area contributed by atoms with Gasteiger partial charge in [0.15, 0.2) is 0 Å². The molecule has 0 aliphatic carbocycles. The van der Waals surface area contributed by atoms with E-state index < -0.39 is 0 Å². The van der Waals surface area contributed by atoms with Crippen LogP contribution < -0.4 is 10.5 Å². The molecule has 3 aromatic rings. The number of nitrogens with one attached hydrogen (secondary N) is 1. The Balaban J connectivity index is 1.84. The summed E-state index contributed by atoms with van der Waals surface area (Å²) in [6.45, 7) is 0. The van der Waals surface area contributed by atoms with E-state index in [2.05, 4.69) is 16.3 Å². The van der Waals surface area contributed by atoms with Crippen LogP contribution >= 0.6 is 11.3 Å². The largest absolute Gasteiger partial charge is 0.420 e. The molecule has 3 heterocycles. The van der Waals surface area contributed by atoms with Crippen molar-refractivity contribution in [2.75, 3.05) is 0 Å². The van der Waals surface area contributed by atoms with Gasteiger partial charge in [-0.15, -0.1) is 16.4 Å². The molecule has 5 nitrogen and oxygen atoms in total. The molecule has 0 radical (unpaired) electrons. The van der Waals surface area contributed by atoms with Crippen LogP contribution in [-0.2, 0) is 6.42 Å². The Labute approximate surface area is 143 Å². The zero-order valence-electron chi connectivity index (χ0n) is 12.7. The molecule has 3 N–H and O–H groups in total.